The number of halogens is 1. The van der Waals surface area contributed by atoms with Crippen molar-refractivity contribution in [3.8, 4) is 0 Å². The maximum absolute atomic E-state index is 12.7. The number of carbonyl (C=O) groups excluding carboxylic acids is 1. The molecule has 0 bridgehead atoms. The van der Waals surface area contributed by atoms with Crippen molar-refractivity contribution in [3.05, 3.63) is 0 Å². The van der Waals surface area contributed by atoms with Crippen LogP contribution in [-0.4, -0.2) is 30.7 Å². The van der Waals surface area contributed by atoms with Crippen molar-refractivity contribution < 1.29 is 9.63 Å². The number of nitrogens with zero attached hydrogens (tertiary/aromatic N) is 1. The Bertz CT molecular complexity index is 743. The third-order valence-corrected chi connectivity index (χ3v) is 10.8. The van der Waals surface area contributed by atoms with E-state index in [9.17, 15) is 4.79 Å². The van der Waals surface area contributed by atoms with Gasteiger partial charge in [0, 0.05) is 24.8 Å². The molecule has 168 valence electrons. The third kappa shape index (κ3) is 2.95. The molecule has 0 aromatic heterocycles. The first-order chi connectivity index (χ1) is 13.9. The summed E-state index contributed by atoms with van der Waals surface area (Å²) in [5, 5.41) is 8.06. The second-order valence-corrected chi connectivity index (χ2v) is 12.0. The number of fused-ring (bicyclic) bond motifs is 6. The zero-order valence-electron chi connectivity index (χ0n) is 18.8. The van der Waals surface area contributed by atoms with Crippen molar-refractivity contribution in [2.45, 2.75) is 90.6 Å². The van der Waals surface area contributed by atoms with Crippen molar-refractivity contribution >= 4 is 23.9 Å². The SMILES string of the molecule is C[C@]12CC/C(=N\O[C@@H]3CCNC3)C[C@@H]1C1(CC1)C[C@@H]1[C@@H]2CC[C@]2(C)C(=O)CC[C@@H]12.Cl. The summed E-state index contributed by atoms with van der Waals surface area (Å²) in [5.41, 5.74) is 2.34. The van der Waals surface area contributed by atoms with Gasteiger partial charge in [0.15, 0.2) is 0 Å². The number of nitrogens with one attached hydrogen (secondary N) is 1. The Morgan fingerprint density at radius 1 is 1.03 bits per heavy atom. The Kier molecular flexibility index (Phi) is 5.10. The Labute approximate surface area is 187 Å². The van der Waals surface area contributed by atoms with Gasteiger partial charge in [0.05, 0.1) is 5.71 Å². The number of oxime groups is 1. The quantitative estimate of drug-likeness (QED) is 0.612. The second-order valence-electron chi connectivity index (χ2n) is 12.0. The Morgan fingerprint density at radius 2 is 1.87 bits per heavy atom. The molecule has 30 heavy (non-hydrogen) atoms. The van der Waals surface area contributed by atoms with Crippen molar-refractivity contribution in [3.63, 3.8) is 0 Å². The summed E-state index contributed by atoms with van der Waals surface area (Å²) in [6.07, 6.45) is 13.6. The molecule has 6 aliphatic rings. The summed E-state index contributed by atoms with van der Waals surface area (Å²) in [6, 6.07) is 0. The standard InChI is InChI=1S/C25H38N2O2.ClH/c1-23-8-5-16(27-29-17-7-12-26-15-17)13-21(23)25(10-11-25)14-18-19-3-4-22(28)24(19,2)9-6-20(18)23;/h17-21,26H,3-15H2,1-2H3;1H/b27-16+;/t17-,18+,19+,20+,21+,23-,24+;/m1./s1. The molecular weight excluding hydrogens is 396 g/mol. The maximum Gasteiger partial charge on any atom is 0.141 e. The highest BCUT2D eigenvalue weighted by atomic mass is 35.5. The van der Waals surface area contributed by atoms with Gasteiger partial charge >= 0.3 is 0 Å². The Morgan fingerprint density at radius 3 is 2.60 bits per heavy atom. The number of hydrogen-bond donors (Lipinski definition) is 1. The van der Waals surface area contributed by atoms with Gasteiger partial charge in [0.1, 0.15) is 11.9 Å². The van der Waals surface area contributed by atoms with Gasteiger partial charge in [-0.2, -0.15) is 0 Å². The summed E-state index contributed by atoms with van der Waals surface area (Å²) in [4.78, 5) is 18.7. The Hall–Kier alpha value is -0.610. The van der Waals surface area contributed by atoms with Crippen molar-refractivity contribution in [1.29, 1.82) is 0 Å². The minimum atomic E-state index is 0. The molecule has 0 aromatic carbocycles. The van der Waals surface area contributed by atoms with E-state index in [1.54, 1.807) is 0 Å². The second kappa shape index (κ2) is 7.20. The van der Waals surface area contributed by atoms with E-state index in [4.69, 9.17) is 9.99 Å². The minimum absolute atomic E-state index is 0. The minimum Gasteiger partial charge on any atom is -0.391 e. The van der Waals surface area contributed by atoms with Gasteiger partial charge < -0.3 is 10.2 Å². The van der Waals surface area contributed by atoms with Gasteiger partial charge in [-0.25, -0.2) is 0 Å². The topological polar surface area (TPSA) is 50.7 Å². The average Bonchev–Trinajstić information content (AvgIpc) is 3.14. The fourth-order valence-electron chi connectivity index (χ4n) is 8.96. The van der Waals surface area contributed by atoms with Crippen LogP contribution >= 0.6 is 12.4 Å². The zero-order chi connectivity index (χ0) is 19.9. The molecular formula is C25H39ClN2O2. The fourth-order valence-corrected chi connectivity index (χ4v) is 8.96. The molecule has 4 nitrogen and oxygen atoms in total. The van der Waals surface area contributed by atoms with Gasteiger partial charge in [-0.1, -0.05) is 19.0 Å². The fraction of sp³-hybridized carbons (Fsp3) is 0.920. The zero-order valence-corrected chi connectivity index (χ0v) is 19.6. The lowest BCUT2D eigenvalue weighted by Crippen LogP contribution is -2.57. The highest BCUT2D eigenvalue weighted by Crippen LogP contribution is 2.75. The van der Waals surface area contributed by atoms with E-state index in [1.165, 1.54) is 50.7 Å². The van der Waals surface area contributed by atoms with Crippen LogP contribution in [-0.2, 0) is 9.63 Å². The molecule has 5 aliphatic carbocycles. The highest BCUT2D eigenvalue weighted by Gasteiger charge is 2.68. The first-order valence-corrected chi connectivity index (χ1v) is 12.4. The first kappa shape index (κ1) is 21.2. The lowest BCUT2D eigenvalue weighted by molar-refractivity contribution is -0.145. The lowest BCUT2D eigenvalue weighted by Gasteiger charge is -2.62. The largest absolute Gasteiger partial charge is 0.391 e. The summed E-state index contributed by atoms with van der Waals surface area (Å²) < 4.78 is 0. The van der Waals surface area contributed by atoms with E-state index in [0.29, 0.717) is 22.5 Å². The van der Waals surface area contributed by atoms with E-state index in [1.807, 2.05) is 0 Å². The number of rotatable bonds is 2. The molecule has 0 unspecified atom stereocenters. The van der Waals surface area contributed by atoms with Crippen LogP contribution in [0.2, 0.25) is 0 Å². The van der Waals surface area contributed by atoms with Crippen LogP contribution < -0.4 is 5.32 Å². The lowest BCUT2D eigenvalue weighted by atomic mass is 9.42. The van der Waals surface area contributed by atoms with Crippen LogP contribution in [0, 0.1) is 39.9 Å². The molecule has 6 rings (SSSR count). The van der Waals surface area contributed by atoms with Crippen LogP contribution in [0.15, 0.2) is 5.16 Å². The van der Waals surface area contributed by atoms with E-state index >= 15 is 0 Å². The van der Waals surface area contributed by atoms with Crippen molar-refractivity contribution in [2.24, 2.45) is 45.1 Å². The molecule has 1 heterocycles. The van der Waals surface area contributed by atoms with Crippen LogP contribution in [0.3, 0.4) is 0 Å². The van der Waals surface area contributed by atoms with Crippen LogP contribution in [0.4, 0.5) is 0 Å². The number of ketones is 1. The van der Waals surface area contributed by atoms with Gasteiger partial charge in [-0.15, -0.1) is 12.4 Å². The number of carbonyl (C=O) groups is 1. The Balaban J connectivity index is 0.00000193. The molecule has 6 fully saturated rings. The van der Waals surface area contributed by atoms with Crippen molar-refractivity contribution in [2.75, 3.05) is 13.1 Å². The van der Waals surface area contributed by atoms with Crippen LogP contribution in [0.5, 0.6) is 0 Å². The third-order valence-electron chi connectivity index (χ3n) is 10.8. The molecule has 5 saturated carbocycles. The molecule has 1 saturated heterocycles. The smallest absolute Gasteiger partial charge is 0.141 e. The van der Waals surface area contributed by atoms with Gasteiger partial charge in [0.2, 0.25) is 0 Å². The molecule has 1 spiro atoms. The van der Waals surface area contributed by atoms with Gasteiger partial charge in [-0.05, 0) is 98.8 Å². The van der Waals surface area contributed by atoms with E-state index < -0.39 is 0 Å². The molecule has 1 aliphatic heterocycles. The van der Waals surface area contributed by atoms with E-state index in [2.05, 4.69) is 19.2 Å². The first-order valence-electron chi connectivity index (χ1n) is 12.4. The van der Waals surface area contributed by atoms with Gasteiger partial charge in [-0.3, -0.25) is 4.79 Å². The summed E-state index contributed by atoms with van der Waals surface area (Å²) >= 11 is 0. The van der Waals surface area contributed by atoms with Crippen LogP contribution in [0.1, 0.15) is 84.5 Å². The number of Topliss-reactive ketones (excluding diaryl/α,β-unsaturated/α-hetero) is 1. The molecule has 0 aromatic rings. The average molecular weight is 435 g/mol. The maximum atomic E-state index is 12.7. The van der Waals surface area contributed by atoms with Gasteiger partial charge in [0.25, 0.3) is 0 Å². The molecule has 5 heteroatoms. The summed E-state index contributed by atoms with van der Waals surface area (Å²) in [7, 11) is 0. The highest BCUT2D eigenvalue weighted by molar-refractivity contribution is 5.87. The number of hydrogen-bond acceptors (Lipinski definition) is 4. The molecule has 0 radical (unpaired) electrons. The molecule has 0 amide bonds. The van der Waals surface area contributed by atoms with Crippen LogP contribution in [0.25, 0.3) is 0 Å². The van der Waals surface area contributed by atoms with E-state index in [-0.39, 0.29) is 23.9 Å². The molecule has 7 atom stereocenters. The van der Waals surface area contributed by atoms with E-state index in [0.717, 1.165) is 56.5 Å². The van der Waals surface area contributed by atoms with Crippen molar-refractivity contribution in [1.82, 2.24) is 5.32 Å². The predicted molar refractivity (Wildman–Crippen MR) is 121 cm³/mol. The predicted octanol–water partition coefficient (Wildman–Crippen LogP) is 5.14. The molecule has 1 N–H and O–H groups in total. The summed E-state index contributed by atoms with van der Waals surface area (Å²) in [5.74, 6) is 3.65. The monoisotopic (exact) mass is 434 g/mol. The summed E-state index contributed by atoms with van der Waals surface area (Å²) in [6.45, 7) is 6.96. The normalized spacial score (nSPS) is 49.9.